The summed E-state index contributed by atoms with van der Waals surface area (Å²) in [6.07, 6.45) is 0. The summed E-state index contributed by atoms with van der Waals surface area (Å²) in [5.74, 6) is 0. The Morgan fingerprint density at radius 2 is 1.86 bits per heavy atom. The fourth-order valence-corrected chi connectivity index (χ4v) is 0.316. The van der Waals surface area contributed by atoms with Gasteiger partial charge in [-0.1, -0.05) is 0 Å². The van der Waals surface area contributed by atoms with Crippen LogP contribution < -0.4 is 5.73 Å². The van der Waals surface area contributed by atoms with Gasteiger partial charge in [0.15, 0.2) is 0 Å². The second kappa shape index (κ2) is 2.28. The molecule has 0 saturated heterocycles. The van der Waals surface area contributed by atoms with E-state index in [1.807, 2.05) is 0 Å². The Balaban J connectivity index is 3.15. The number of quaternary nitrogens is 1. The molecule has 0 atom stereocenters. The first-order chi connectivity index (χ1) is 3.06. The molecule has 0 spiro atoms. The first-order valence-electron chi connectivity index (χ1n) is 2.40. The molecule has 0 aromatic heterocycles. The lowest BCUT2D eigenvalue weighted by molar-refractivity contribution is -0.866. The highest BCUT2D eigenvalue weighted by Crippen LogP contribution is 1.86. The van der Waals surface area contributed by atoms with Crippen molar-refractivity contribution in [2.24, 2.45) is 5.73 Å². The number of likely N-dealkylation sites (N-methyl/N-ethyl adjacent to an activating group) is 1. The van der Waals surface area contributed by atoms with Crippen molar-refractivity contribution in [3.8, 4) is 0 Å². The molecule has 0 unspecified atom stereocenters. The molecule has 0 amide bonds. The van der Waals surface area contributed by atoms with Crippen molar-refractivity contribution in [1.29, 1.82) is 0 Å². The normalized spacial score (nSPS) is 12.0. The predicted molar refractivity (Wildman–Crippen MR) is 31.4 cm³/mol. The molecule has 2 N–H and O–H groups in total. The highest BCUT2D eigenvalue weighted by atomic mass is 15.3. The van der Waals surface area contributed by atoms with Crippen LogP contribution in [0.1, 0.15) is 0 Å². The fourth-order valence-electron chi connectivity index (χ4n) is 0.316. The van der Waals surface area contributed by atoms with Gasteiger partial charge in [0.1, 0.15) is 0 Å². The Labute approximate surface area is 45.5 Å². The number of rotatable bonds is 2. The molecule has 43 valence electrons. The zero-order valence-corrected chi connectivity index (χ0v) is 5.31. The Morgan fingerprint density at radius 3 is 1.86 bits per heavy atom. The maximum Gasteiger partial charge on any atom is 0.0952 e. The Kier molecular flexibility index (Phi) is 2.26. The van der Waals surface area contributed by atoms with Crippen LogP contribution in [-0.4, -0.2) is 32.2 Å². The van der Waals surface area contributed by atoms with Crippen molar-refractivity contribution in [2.45, 2.75) is 0 Å². The van der Waals surface area contributed by atoms with Gasteiger partial charge in [0, 0.05) is 0 Å². The Bertz CT molecular complexity index is 44.5. The molecule has 0 bridgehead atoms. The lowest BCUT2D eigenvalue weighted by Crippen LogP contribution is -2.36. The van der Waals surface area contributed by atoms with Crippen LogP contribution >= 0.6 is 0 Å². The van der Waals surface area contributed by atoms with Crippen LogP contribution in [0.25, 0.3) is 0 Å². The molecule has 0 aliphatic heterocycles. The fraction of sp³-hybridized carbons (Fsp3) is 0.800. The van der Waals surface area contributed by atoms with E-state index in [-0.39, 0.29) is 0 Å². The molecule has 0 rings (SSSR count). The molecular weight excluding hydrogens is 88.1 g/mol. The maximum atomic E-state index is 5.17. The minimum Gasteiger partial charge on any atom is -0.330 e. The molecule has 0 aliphatic carbocycles. The predicted octanol–water partition coefficient (Wildman–Crippen LogP) is -0.187. The molecular formula is C5H14N2+. The Morgan fingerprint density at radius 1 is 1.43 bits per heavy atom. The molecule has 0 aromatic carbocycles. The molecule has 2 heteroatoms. The van der Waals surface area contributed by atoms with Gasteiger partial charge in [-0.05, 0) is 0 Å². The van der Waals surface area contributed by atoms with Crippen molar-refractivity contribution in [1.82, 2.24) is 0 Å². The van der Waals surface area contributed by atoms with E-state index in [4.69, 9.17) is 5.73 Å². The second-order valence-electron chi connectivity index (χ2n) is 2.71. The van der Waals surface area contributed by atoms with E-state index < -0.39 is 0 Å². The molecule has 0 fully saturated rings. The summed E-state index contributed by atoms with van der Waals surface area (Å²) in [5.41, 5.74) is 5.17. The van der Waals surface area contributed by atoms with Crippen LogP contribution in [0.15, 0.2) is 0 Å². The maximum absolute atomic E-state index is 5.17. The summed E-state index contributed by atoms with van der Waals surface area (Å²) in [6, 6.07) is 0. The number of hydrogen-bond acceptors (Lipinski definition) is 1. The third-order valence-corrected chi connectivity index (χ3v) is 0.653. The summed E-state index contributed by atoms with van der Waals surface area (Å²) in [7, 11) is 6.30. The van der Waals surface area contributed by atoms with Gasteiger partial charge in [-0.15, -0.1) is 0 Å². The van der Waals surface area contributed by atoms with Crippen molar-refractivity contribution in [3.05, 3.63) is 6.54 Å². The average molecular weight is 102 g/mol. The number of nitrogens with two attached hydrogens (primary N) is 1. The van der Waals surface area contributed by atoms with Crippen LogP contribution in [-0.2, 0) is 0 Å². The highest BCUT2D eigenvalue weighted by Gasteiger charge is 2.01. The smallest absolute Gasteiger partial charge is 0.0952 e. The van der Waals surface area contributed by atoms with E-state index in [0.29, 0.717) is 0 Å². The van der Waals surface area contributed by atoms with Gasteiger partial charge in [-0.2, -0.15) is 0 Å². The number of nitrogens with zero attached hydrogens (tertiary/aromatic N) is 1. The van der Waals surface area contributed by atoms with Gasteiger partial charge in [-0.3, -0.25) is 0 Å². The second-order valence-corrected chi connectivity index (χ2v) is 2.71. The van der Waals surface area contributed by atoms with E-state index in [1.165, 1.54) is 0 Å². The van der Waals surface area contributed by atoms with Crippen LogP contribution in [0.4, 0.5) is 0 Å². The monoisotopic (exact) mass is 102 g/mol. The van der Waals surface area contributed by atoms with E-state index in [2.05, 4.69) is 21.1 Å². The van der Waals surface area contributed by atoms with E-state index >= 15 is 0 Å². The van der Waals surface area contributed by atoms with E-state index in [1.54, 1.807) is 6.54 Å². The number of hydrogen-bond donors (Lipinski definition) is 1. The third kappa shape index (κ3) is 5.92. The lowest BCUT2D eigenvalue weighted by Gasteiger charge is -2.21. The lowest BCUT2D eigenvalue weighted by atomic mass is 10.5. The first kappa shape index (κ1) is 6.92. The molecule has 0 heterocycles. The summed E-state index contributed by atoms with van der Waals surface area (Å²) in [4.78, 5) is 0. The third-order valence-electron chi connectivity index (χ3n) is 0.653. The van der Waals surface area contributed by atoms with Crippen molar-refractivity contribution in [2.75, 3.05) is 27.7 Å². The van der Waals surface area contributed by atoms with Gasteiger partial charge in [0.25, 0.3) is 0 Å². The molecule has 0 aliphatic rings. The quantitative estimate of drug-likeness (QED) is 0.481. The van der Waals surface area contributed by atoms with Crippen LogP contribution in [0.5, 0.6) is 0 Å². The van der Waals surface area contributed by atoms with E-state index in [9.17, 15) is 0 Å². The first-order valence-corrected chi connectivity index (χ1v) is 2.40. The largest absolute Gasteiger partial charge is 0.330 e. The Hall–Kier alpha value is -0.0800. The minimum atomic E-state index is 0.913. The molecule has 0 aromatic rings. The van der Waals surface area contributed by atoms with Gasteiger partial charge in [-0.25, -0.2) is 0 Å². The summed E-state index contributed by atoms with van der Waals surface area (Å²) in [5, 5.41) is 0. The van der Waals surface area contributed by atoms with Gasteiger partial charge in [0.05, 0.1) is 34.2 Å². The summed E-state index contributed by atoms with van der Waals surface area (Å²) in [6.45, 7) is 2.61. The molecule has 1 radical (unpaired) electrons. The topological polar surface area (TPSA) is 26.0 Å². The minimum absolute atomic E-state index is 0.913. The summed E-state index contributed by atoms with van der Waals surface area (Å²) >= 11 is 0. The van der Waals surface area contributed by atoms with Crippen molar-refractivity contribution in [3.63, 3.8) is 0 Å². The highest BCUT2D eigenvalue weighted by molar-refractivity contribution is 4.47. The van der Waals surface area contributed by atoms with E-state index in [0.717, 1.165) is 11.0 Å². The zero-order chi connectivity index (χ0) is 5.91. The molecule has 0 saturated carbocycles. The van der Waals surface area contributed by atoms with Crippen LogP contribution in [0.3, 0.4) is 0 Å². The van der Waals surface area contributed by atoms with Crippen molar-refractivity contribution < 1.29 is 4.48 Å². The molecule has 7 heavy (non-hydrogen) atoms. The van der Waals surface area contributed by atoms with Crippen molar-refractivity contribution >= 4 is 0 Å². The molecule has 2 nitrogen and oxygen atoms in total. The SMILES string of the molecule is C[N+](C)(C)C[CH]N. The average Bonchev–Trinajstić information content (AvgIpc) is 1.30. The van der Waals surface area contributed by atoms with Crippen LogP contribution in [0.2, 0.25) is 0 Å². The van der Waals surface area contributed by atoms with Crippen LogP contribution in [0, 0.1) is 6.54 Å². The summed E-state index contributed by atoms with van der Waals surface area (Å²) < 4.78 is 0.913. The standard InChI is InChI=1S/C5H14N2/c1-7(2,3)5-4-6/h4H,5-6H2,1-3H3/q+1. The van der Waals surface area contributed by atoms with Gasteiger partial charge in [0.2, 0.25) is 0 Å². The van der Waals surface area contributed by atoms with Gasteiger partial charge >= 0.3 is 0 Å². The van der Waals surface area contributed by atoms with Gasteiger partial charge < -0.3 is 10.2 Å². The zero-order valence-electron chi connectivity index (χ0n) is 5.31.